The first-order valence-corrected chi connectivity index (χ1v) is 7.64. The van der Waals surface area contributed by atoms with E-state index in [2.05, 4.69) is 16.0 Å². The van der Waals surface area contributed by atoms with E-state index in [0.29, 0.717) is 5.75 Å². The van der Waals surface area contributed by atoms with Crippen molar-refractivity contribution in [2.45, 2.75) is 39.3 Å². The van der Waals surface area contributed by atoms with Crippen LogP contribution in [0.5, 0.6) is 5.75 Å². The molecule has 0 heterocycles. The van der Waals surface area contributed by atoms with Crippen LogP contribution in [0.25, 0.3) is 0 Å². The van der Waals surface area contributed by atoms with Crippen LogP contribution >= 0.6 is 0 Å². The highest BCUT2D eigenvalue weighted by Crippen LogP contribution is 2.25. The summed E-state index contributed by atoms with van der Waals surface area (Å²) in [4.78, 5) is 35.2. The van der Waals surface area contributed by atoms with Crippen LogP contribution in [0.2, 0.25) is 0 Å². The summed E-state index contributed by atoms with van der Waals surface area (Å²) in [5.74, 6) is -0.536. The second-order valence-corrected chi connectivity index (χ2v) is 5.42. The Bertz CT molecular complexity index is 618. The van der Waals surface area contributed by atoms with Crippen molar-refractivity contribution in [1.29, 1.82) is 0 Å². The number of hydrogen-bond donors (Lipinski definition) is 4. The summed E-state index contributed by atoms with van der Waals surface area (Å²) in [6, 6.07) is 3.13. The van der Waals surface area contributed by atoms with Crippen LogP contribution in [-0.4, -0.2) is 37.0 Å². The number of carbonyl (C=O) groups is 3. The minimum absolute atomic E-state index is 0.0251. The van der Waals surface area contributed by atoms with E-state index in [1.54, 1.807) is 6.92 Å². The zero-order valence-corrected chi connectivity index (χ0v) is 14.3. The fourth-order valence-corrected chi connectivity index (χ4v) is 1.85. The Balaban J connectivity index is 2.75. The van der Waals surface area contributed by atoms with E-state index in [1.807, 2.05) is 13.8 Å². The standard InChI is InChI=1S/C16H24N4O4/c1-5-9(2)18-15(22)10(3)19-16(23)20-12-8-11(14(17)21)6-7-13(12)24-4/h6-10H,5H2,1-4H3,(H2,17,21)(H,18,22)(H2,19,20,23)/t9-,10+/m1/s1. The summed E-state index contributed by atoms with van der Waals surface area (Å²) in [5.41, 5.74) is 5.73. The molecule has 0 saturated carbocycles. The minimum atomic E-state index is -0.718. The number of primary amides is 1. The quantitative estimate of drug-likeness (QED) is 0.598. The molecule has 4 amide bonds. The Morgan fingerprint density at radius 1 is 1.21 bits per heavy atom. The third kappa shape index (κ3) is 5.45. The zero-order chi connectivity index (χ0) is 18.3. The van der Waals surface area contributed by atoms with Gasteiger partial charge in [0.2, 0.25) is 11.8 Å². The highest BCUT2D eigenvalue weighted by Gasteiger charge is 2.18. The summed E-state index contributed by atoms with van der Waals surface area (Å²) in [7, 11) is 1.44. The molecular formula is C16H24N4O4. The van der Waals surface area contributed by atoms with Gasteiger partial charge in [-0.3, -0.25) is 9.59 Å². The number of benzene rings is 1. The second-order valence-electron chi connectivity index (χ2n) is 5.42. The van der Waals surface area contributed by atoms with Gasteiger partial charge in [0.1, 0.15) is 11.8 Å². The molecule has 0 unspecified atom stereocenters. The van der Waals surface area contributed by atoms with E-state index in [9.17, 15) is 14.4 Å². The number of methoxy groups -OCH3 is 1. The second kappa shape index (κ2) is 8.76. The van der Waals surface area contributed by atoms with E-state index < -0.39 is 18.0 Å². The predicted octanol–water partition coefficient (Wildman–Crippen LogP) is 1.22. The first-order chi connectivity index (χ1) is 11.3. The molecule has 1 aromatic carbocycles. The number of carbonyl (C=O) groups excluding carboxylic acids is 3. The van der Waals surface area contributed by atoms with Gasteiger partial charge in [-0.25, -0.2) is 4.79 Å². The van der Waals surface area contributed by atoms with Gasteiger partial charge in [-0.15, -0.1) is 0 Å². The first kappa shape index (κ1) is 19.3. The van der Waals surface area contributed by atoms with Crippen LogP contribution in [0.3, 0.4) is 0 Å². The fraction of sp³-hybridized carbons (Fsp3) is 0.438. The zero-order valence-electron chi connectivity index (χ0n) is 14.3. The molecule has 0 saturated heterocycles. The topological polar surface area (TPSA) is 123 Å². The fourth-order valence-electron chi connectivity index (χ4n) is 1.85. The van der Waals surface area contributed by atoms with Crippen molar-refractivity contribution in [2.24, 2.45) is 5.73 Å². The van der Waals surface area contributed by atoms with Crippen LogP contribution in [0.15, 0.2) is 18.2 Å². The smallest absolute Gasteiger partial charge is 0.319 e. The van der Waals surface area contributed by atoms with Gasteiger partial charge < -0.3 is 26.4 Å². The lowest BCUT2D eigenvalue weighted by atomic mass is 10.2. The molecule has 0 aliphatic heterocycles. The van der Waals surface area contributed by atoms with Gasteiger partial charge >= 0.3 is 6.03 Å². The summed E-state index contributed by atoms with van der Waals surface area (Å²) < 4.78 is 5.13. The van der Waals surface area contributed by atoms with Crippen molar-refractivity contribution >= 4 is 23.5 Å². The van der Waals surface area contributed by atoms with E-state index in [0.717, 1.165) is 6.42 Å². The Kier molecular flexibility index (Phi) is 7.03. The number of rotatable bonds is 7. The van der Waals surface area contributed by atoms with Crippen molar-refractivity contribution in [3.8, 4) is 5.75 Å². The molecule has 0 bridgehead atoms. The number of urea groups is 1. The molecule has 0 aromatic heterocycles. The maximum Gasteiger partial charge on any atom is 0.319 e. The molecule has 0 aliphatic carbocycles. The van der Waals surface area contributed by atoms with E-state index in [1.165, 1.54) is 25.3 Å². The van der Waals surface area contributed by atoms with Gasteiger partial charge in [-0.2, -0.15) is 0 Å². The molecular weight excluding hydrogens is 312 g/mol. The highest BCUT2D eigenvalue weighted by atomic mass is 16.5. The van der Waals surface area contributed by atoms with Gasteiger partial charge in [0.25, 0.3) is 0 Å². The molecule has 2 atom stereocenters. The number of nitrogens with one attached hydrogen (secondary N) is 3. The Hall–Kier alpha value is -2.77. The van der Waals surface area contributed by atoms with E-state index in [4.69, 9.17) is 10.5 Å². The maximum atomic E-state index is 12.1. The molecule has 0 fully saturated rings. The number of anilines is 1. The number of hydrogen-bond acceptors (Lipinski definition) is 4. The minimum Gasteiger partial charge on any atom is -0.495 e. The van der Waals surface area contributed by atoms with Gasteiger partial charge in [0, 0.05) is 11.6 Å². The lowest BCUT2D eigenvalue weighted by Crippen LogP contribution is -2.48. The van der Waals surface area contributed by atoms with Crippen molar-refractivity contribution in [2.75, 3.05) is 12.4 Å². The van der Waals surface area contributed by atoms with Gasteiger partial charge in [0.05, 0.1) is 12.8 Å². The summed E-state index contributed by atoms with van der Waals surface area (Å²) in [6.45, 7) is 5.41. The third-order valence-corrected chi connectivity index (χ3v) is 3.47. The summed E-state index contributed by atoms with van der Waals surface area (Å²) in [6.07, 6.45) is 0.793. The molecule has 1 rings (SSSR count). The Morgan fingerprint density at radius 3 is 2.42 bits per heavy atom. The van der Waals surface area contributed by atoms with E-state index >= 15 is 0 Å². The molecule has 0 radical (unpaired) electrons. The predicted molar refractivity (Wildman–Crippen MR) is 91.0 cm³/mol. The molecule has 0 spiro atoms. The van der Waals surface area contributed by atoms with Crippen LogP contribution in [0.4, 0.5) is 10.5 Å². The van der Waals surface area contributed by atoms with Crippen LogP contribution in [0.1, 0.15) is 37.6 Å². The SMILES string of the molecule is CC[C@@H](C)NC(=O)[C@H](C)NC(=O)Nc1cc(C(N)=O)ccc1OC. The Labute approximate surface area is 141 Å². The number of nitrogens with two attached hydrogens (primary N) is 1. The molecule has 5 N–H and O–H groups in total. The molecule has 8 heteroatoms. The average Bonchev–Trinajstić information content (AvgIpc) is 2.54. The van der Waals surface area contributed by atoms with E-state index in [-0.39, 0.29) is 23.2 Å². The number of ether oxygens (including phenoxy) is 1. The van der Waals surface area contributed by atoms with Crippen molar-refractivity contribution < 1.29 is 19.1 Å². The lowest BCUT2D eigenvalue weighted by Gasteiger charge is -2.18. The van der Waals surface area contributed by atoms with Crippen molar-refractivity contribution in [3.05, 3.63) is 23.8 Å². The molecule has 132 valence electrons. The highest BCUT2D eigenvalue weighted by molar-refractivity contribution is 5.98. The number of amides is 4. The van der Waals surface area contributed by atoms with Crippen LogP contribution < -0.4 is 26.4 Å². The molecule has 0 aliphatic rings. The maximum absolute atomic E-state index is 12.1. The Morgan fingerprint density at radius 2 is 1.88 bits per heavy atom. The molecule has 8 nitrogen and oxygen atoms in total. The lowest BCUT2D eigenvalue weighted by molar-refractivity contribution is -0.123. The van der Waals surface area contributed by atoms with Gasteiger partial charge in [0.15, 0.2) is 0 Å². The summed E-state index contributed by atoms with van der Waals surface area (Å²) >= 11 is 0. The van der Waals surface area contributed by atoms with Gasteiger partial charge in [-0.1, -0.05) is 6.92 Å². The largest absolute Gasteiger partial charge is 0.495 e. The molecule has 1 aromatic rings. The first-order valence-electron chi connectivity index (χ1n) is 7.64. The van der Waals surface area contributed by atoms with Crippen molar-refractivity contribution in [3.63, 3.8) is 0 Å². The molecule has 24 heavy (non-hydrogen) atoms. The van der Waals surface area contributed by atoms with Crippen LogP contribution in [0, 0.1) is 0 Å². The third-order valence-electron chi connectivity index (χ3n) is 3.47. The summed E-state index contributed by atoms with van der Waals surface area (Å²) in [5, 5.41) is 7.85. The van der Waals surface area contributed by atoms with Gasteiger partial charge in [-0.05, 0) is 38.5 Å². The monoisotopic (exact) mass is 336 g/mol. The van der Waals surface area contributed by atoms with Crippen molar-refractivity contribution in [1.82, 2.24) is 10.6 Å². The normalized spacial score (nSPS) is 12.7. The average molecular weight is 336 g/mol. The van der Waals surface area contributed by atoms with Crippen LogP contribution in [-0.2, 0) is 4.79 Å².